The van der Waals surface area contributed by atoms with Crippen LogP contribution in [-0.4, -0.2) is 62.9 Å². The van der Waals surface area contributed by atoms with Crippen molar-refractivity contribution in [3.8, 4) is 0 Å². The number of hydrogen-bond donors (Lipinski definition) is 1. The monoisotopic (exact) mass is 228 g/mol. The third-order valence-electron chi connectivity index (χ3n) is 3.32. The number of nitrogens with zero attached hydrogens (tertiary/aromatic N) is 1. The molecule has 0 aliphatic carbocycles. The average Bonchev–Trinajstić information content (AvgIpc) is 2.76. The number of hydrogen-bond acceptors (Lipinski definition) is 4. The molecule has 0 aromatic rings. The van der Waals surface area contributed by atoms with Crippen molar-refractivity contribution in [2.24, 2.45) is 5.92 Å². The van der Waals surface area contributed by atoms with Crippen LogP contribution in [0.4, 0.5) is 0 Å². The van der Waals surface area contributed by atoms with Gasteiger partial charge in [-0.05, 0) is 14.0 Å². The van der Waals surface area contributed by atoms with Crippen molar-refractivity contribution >= 4 is 5.91 Å². The molecule has 2 saturated heterocycles. The number of carbonyl (C=O) groups excluding carboxylic acids is 1. The summed E-state index contributed by atoms with van der Waals surface area (Å²) in [7, 11) is 1.88. The Kier molecular flexibility index (Phi) is 3.78. The van der Waals surface area contributed by atoms with Crippen LogP contribution < -0.4 is 5.32 Å². The summed E-state index contributed by atoms with van der Waals surface area (Å²) in [5, 5.41) is 3.14. The SMILES string of the molecule is CNC1COCC1C(=O)N1CCOC(C)C1. The fraction of sp³-hybridized carbons (Fsp3) is 0.909. The molecule has 0 saturated carbocycles. The third kappa shape index (κ3) is 2.36. The van der Waals surface area contributed by atoms with Crippen molar-refractivity contribution in [3.63, 3.8) is 0 Å². The first-order valence-corrected chi connectivity index (χ1v) is 5.87. The number of carbonyl (C=O) groups is 1. The highest BCUT2D eigenvalue weighted by Crippen LogP contribution is 2.18. The molecule has 5 nitrogen and oxygen atoms in total. The Bertz CT molecular complexity index is 260. The number of amides is 1. The normalized spacial score (nSPS) is 35.4. The summed E-state index contributed by atoms with van der Waals surface area (Å²) in [6, 6.07) is 0.158. The Hall–Kier alpha value is -0.650. The van der Waals surface area contributed by atoms with Gasteiger partial charge >= 0.3 is 0 Å². The van der Waals surface area contributed by atoms with Crippen molar-refractivity contribution in [2.75, 3.05) is 40.0 Å². The molecular weight excluding hydrogens is 208 g/mol. The molecule has 2 rings (SSSR count). The van der Waals surface area contributed by atoms with Gasteiger partial charge in [-0.3, -0.25) is 4.79 Å². The Morgan fingerprint density at radius 2 is 2.25 bits per heavy atom. The minimum absolute atomic E-state index is 0.0321. The van der Waals surface area contributed by atoms with E-state index in [0.717, 1.165) is 0 Å². The van der Waals surface area contributed by atoms with Crippen molar-refractivity contribution in [2.45, 2.75) is 19.1 Å². The van der Waals surface area contributed by atoms with E-state index in [9.17, 15) is 4.79 Å². The van der Waals surface area contributed by atoms with Gasteiger partial charge < -0.3 is 19.7 Å². The first-order valence-electron chi connectivity index (χ1n) is 5.87. The molecule has 2 fully saturated rings. The van der Waals surface area contributed by atoms with E-state index in [1.165, 1.54) is 0 Å². The van der Waals surface area contributed by atoms with Gasteiger partial charge in [0.05, 0.1) is 31.8 Å². The second kappa shape index (κ2) is 5.12. The molecule has 3 atom stereocenters. The largest absolute Gasteiger partial charge is 0.379 e. The van der Waals surface area contributed by atoms with Gasteiger partial charge in [-0.1, -0.05) is 0 Å². The van der Waals surface area contributed by atoms with Gasteiger partial charge in [0.25, 0.3) is 0 Å². The summed E-state index contributed by atoms with van der Waals surface area (Å²) in [5.41, 5.74) is 0. The van der Waals surface area contributed by atoms with E-state index in [2.05, 4.69) is 5.32 Å². The summed E-state index contributed by atoms with van der Waals surface area (Å²) in [6.45, 7) is 5.22. The lowest BCUT2D eigenvalue weighted by molar-refractivity contribution is -0.142. The highest BCUT2D eigenvalue weighted by atomic mass is 16.5. The minimum Gasteiger partial charge on any atom is -0.379 e. The number of morpholine rings is 1. The number of likely N-dealkylation sites (N-methyl/N-ethyl adjacent to an activating group) is 1. The highest BCUT2D eigenvalue weighted by Gasteiger charge is 2.36. The molecule has 0 bridgehead atoms. The average molecular weight is 228 g/mol. The summed E-state index contributed by atoms with van der Waals surface area (Å²) in [4.78, 5) is 14.2. The van der Waals surface area contributed by atoms with Crippen LogP contribution in [0.5, 0.6) is 0 Å². The second-order valence-electron chi connectivity index (χ2n) is 4.50. The van der Waals surface area contributed by atoms with E-state index < -0.39 is 0 Å². The van der Waals surface area contributed by atoms with E-state index in [0.29, 0.717) is 32.9 Å². The smallest absolute Gasteiger partial charge is 0.229 e. The molecule has 2 aliphatic heterocycles. The summed E-state index contributed by atoms with van der Waals surface area (Å²) in [5.74, 6) is 0.169. The van der Waals surface area contributed by atoms with Crippen LogP contribution in [0.2, 0.25) is 0 Å². The maximum Gasteiger partial charge on any atom is 0.229 e. The molecule has 0 radical (unpaired) electrons. The molecule has 2 heterocycles. The Morgan fingerprint density at radius 1 is 1.44 bits per heavy atom. The Balaban J connectivity index is 1.95. The fourth-order valence-electron chi connectivity index (χ4n) is 2.34. The van der Waals surface area contributed by atoms with Crippen LogP contribution in [0.25, 0.3) is 0 Å². The van der Waals surface area contributed by atoms with Gasteiger partial charge in [-0.2, -0.15) is 0 Å². The standard InChI is InChI=1S/C11H20N2O3/c1-8-5-13(3-4-16-8)11(14)9-6-15-7-10(9)12-2/h8-10,12H,3-7H2,1-2H3. The number of rotatable bonds is 2. The van der Waals surface area contributed by atoms with Crippen molar-refractivity contribution in [1.29, 1.82) is 0 Å². The molecule has 0 aromatic carbocycles. The van der Waals surface area contributed by atoms with Gasteiger partial charge in [0, 0.05) is 19.1 Å². The van der Waals surface area contributed by atoms with Gasteiger partial charge in [0.2, 0.25) is 5.91 Å². The first-order chi connectivity index (χ1) is 7.72. The van der Waals surface area contributed by atoms with Gasteiger partial charge in [0.1, 0.15) is 0 Å². The molecule has 0 aromatic heterocycles. The maximum atomic E-state index is 12.3. The Morgan fingerprint density at radius 3 is 2.94 bits per heavy atom. The summed E-state index contributed by atoms with van der Waals surface area (Å²) >= 11 is 0. The molecule has 92 valence electrons. The number of ether oxygens (including phenoxy) is 2. The van der Waals surface area contributed by atoms with E-state index in [-0.39, 0.29) is 24.0 Å². The van der Waals surface area contributed by atoms with Crippen LogP contribution in [0.15, 0.2) is 0 Å². The molecule has 16 heavy (non-hydrogen) atoms. The van der Waals surface area contributed by atoms with Crippen LogP contribution in [0.1, 0.15) is 6.92 Å². The van der Waals surface area contributed by atoms with Crippen LogP contribution >= 0.6 is 0 Å². The van der Waals surface area contributed by atoms with E-state index in [1.807, 2.05) is 18.9 Å². The maximum absolute atomic E-state index is 12.3. The van der Waals surface area contributed by atoms with Crippen LogP contribution in [0.3, 0.4) is 0 Å². The third-order valence-corrected chi connectivity index (χ3v) is 3.32. The van der Waals surface area contributed by atoms with Crippen molar-refractivity contribution < 1.29 is 14.3 Å². The van der Waals surface area contributed by atoms with E-state index in [4.69, 9.17) is 9.47 Å². The molecule has 5 heteroatoms. The molecule has 1 N–H and O–H groups in total. The van der Waals surface area contributed by atoms with Gasteiger partial charge in [-0.15, -0.1) is 0 Å². The first kappa shape index (κ1) is 11.8. The molecule has 3 unspecified atom stereocenters. The Labute approximate surface area is 96.1 Å². The predicted molar refractivity (Wildman–Crippen MR) is 59.2 cm³/mol. The summed E-state index contributed by atoms with van der Waals surface area (Å²) < 4.78 is 10.8. The van der Waals surface area contributed by atoms with Crippen molar-refractivity contribution in [1.82, 2.24) is 10.2 Å². The zero-order valence-corrected chi connectivity index (χ0v) is 9.94. The lowest BCUT2D eigenvalue weighted by Crippen LogP contribution is -2.50. The van der Waals surface area contributed by atoms with Crippen LogP contribution in [-0.2, 0) is 14.3 Å². The molecular formula is C11H20N2O3. The molecule has 1 amide bonds. The van der Waals surface area contributed by atoms with Gasteiger partial charge in [0.15, 0.2) is 0 Å². The minimum atomic E-state index is -0.0321. The lowest BCUT2D eigenvalue weighted by atomic mass is 10.0. The second-order valence-corrected chi connectivity index (χ2v) is 4.50. The fourth-order valence-corrected chi connectivity index (χ4v) is 2.34. The molecule has 0 spiro atoms. The quantitative estimate of drug-likeness (QED) is 0.690. The van der Waals surface area contributed by atoms with Crippen molar-refractivity contribution in [3.05, 3.63) is 0 Å². The highest BCUT2D eigenvalue weighted by molar-refractivity contribution is 5.80. The summed E-state index contributed by atoms with van der Waals surface area (Å²) in [6.07, 6.45) is 0.146. The molecule has 2 aliphatic rings. The zero-order chi connectivity index (χ0) is 11.5. The topological polar surface area (TPSA) is 50.8 Å². The van der Waals surface area contributed by atoms with Crippen LogP contribution in [0, 0.1) is 5.92 Å². The number of nitrogens with one attached hydrogen (secondary N) is 1. The zero-order valence-electron chi connectivity index (χ0n) is 9.94. The van der Waals surface area contributed by atoms with Gasteiger partial charge in [-0.25, -0.2) is 0 Å². The van der Waals surface area contributed by atoms with E-state index >= 15 is 0 Å². The predicted octanol–water partition coefficient (Wildman–Crippen LogP) is -0.532. The lowest BCUT2D eigenvalue weighted by Gasteiger charge is -2.33. The van der Waals surface area contributed by atoms with E-state index in [1.54, 1.807) is 0 Å².